The zero-order chi connectivity index (χ0) is 55.7. The Labute approximate surface area is 448 Å². The van der Waals surface area contributed by atoms with E-state index in [1.54, 1.807) is 9.80 Å². The Balaban J connectivity index is 0.000000224. The largest absolute Gasteiger partial charge is 0.421 e. The zero-order valence-corrected chi connectivity index (χ0v) is 45.7. The summed E-state index contributed by atoms with van der Waals surface area (Å²) in [5.74, 6) is -0.325. The van der Waals surface area contributed by atoms with Crippen molar-refractivity contribution < 1.29 is 40.7 Å². The minimum atomic E-state index is -4.61. The van der Waals surface area contributed by atoms with Crippen LogP contribution in [0.25, 0.3) is 0 Å². The fourth-order valence-electron chi connectivity index (χ4n) is 9.72. The number of alkyl halides is 6. The number of piperazine rings is 2. The Bertz CT molecular complexity index is 2640. The molecule has 0 unspecified atom stereocenters. The van der Waals surface area contributed by atoms with Crippen molar-refractivity contribution in [2.24, 2.45) is 10.8 Å². The van der Waals surface area contributed by atoms with Gasteiger partial charge < -0.3 is 55.4 Å². The number of likely N-dealkylation sites (N-methyl/N-ethyl adjacent to an activating group) is 2. The molecular weight excluding hydrogens is 1010 g/mol. The summed E-state index contributed by atoms with van der Waals surface area (Å²) >= 11 is 0. The maximum Gasteiger partial charge on any atom is 0.421 e. The molecule has 6 heterocycles. The molecule has 0 aliphatic carbocycles. The van der Waals surface area contributed by atoms with Crippen LogP contribution in [0.4, 0.5) is 72.6 Å². The Hall–Kier alpha value is -6.20. The predicted molar refractivity (Wildman–Crippen MR) is 289 cm³/mol. The van der Waals surface area contributed by atoms with Crippen LogP contribution in [-0.4, -0.2) is 170 Å². The average molecular weight is 1080 g/mol. The maximum atomic E-state index is 13.7. The Kier molecular flexibility index (Phi) is 19.0. The first-order valence-electron chi connectivity index (χ1n) is 26.7. The van der Waals surface area contributed by atoms with Gasteiger partial charge in [-0.2, -0.15) is 36.3 Å². The van der Waals surface area contributed by atoms with Crippen LogP contribution in [-0.2, 0) is 39.5 Å². The molecule has 4 aliphatic heterocycles. The molecule has 0 spiro atoms. The summed E-state index contributed by atoms with van der Waals surface area (Å²) in [5.41, 5.74) is 3.05. The molecule has 0 saturated carbocycles. The number of β-lactam (4-membered cyclic amide) rings is 1. The summed E-state index contributed by atoms with van der Waals surface area (Å²) in [7, 11) is 4.23. The van der Waals surface area contributed by atoms with Gasteiger partial charge in [0.05, 0.1) is 24.0 Å². The van der Waals surface area contributed by atoms with E-state index in [9.17, 15) is 35.9 Å². The van der Waals surface area contributed by atoms with Gasteiger partial charge in [-0.25, -0.2) is 9.97 Å². The third-order valence-corrected chi connectivity index (χ3v) is 14.4. The van der Waals surface area contributed by atoms with Crippen molar-refractivity contribution in [2.45, 2.75) is 79.6 Å². The quantitative estimate of drug-likeness (QED) is 0.0426. The second-order valence-corrected chi connectivity index (χ2v) is 21.5. The number of amides is 2. The van der Waals surface area contributed by atoms with Crippen LogP contribution in [0.2, 0.25) is 0 Å². The van der Waals surface area contributed by atoms with Crippen molar-refractivity contribution in [2.75, 3.05) is 150 Å². The van der Waals surface area contributed by atoms with Gasteiger partial charge in [0.15, 0.2) is 0 Å². The summed E-state index contributed by atoms with van der Waals surface area (Å²) in [5, 5.41) is 11.9. The van der Waals surface area contributed by atoms with Gasteiger partial charge in [0.1, 0.15) is 22.8 Å². The van der Waals surface area contributed by atoms with Crippen molar-refractivity contribution in [1.29, 1.82) is 0 Å². The molecule has 4 aliphatic rings. The molecule has 8 rings (SSSR count). The highest BCUT2D eigenvalue weighted by molar-refractivity contribution is 5.88. The number of rotatable bonds is 18. The van der Waals surface area contributed by atoms with Crippen LogP contribution in [0.3, 0.4) is 0 Å². The summed E-state index contributed by atoms with van der Waals surface area (Å²) < 4.78 is 87.6. The van der Waals surface area contributed by atoms with Crippen LogP contribution in [0.1, 0.15) is 76.6 Å². The molecule has 2 amide bonds. The number of anilines is 8. The second kappa shape index (κ2) is 25.1. The summed E-state index contributed by atoms with van der Waals surface area (Å²) in [6.45, 7) is 22.6. The van der Waals surface area contributed by atoms with Crippen LogP contribution < -0.4 is 31.1 Å². The Morgan fingerprint density at radius 1 is 0.597 bits per heavy atom. The van der Waals surface area contributed by atoms with Crippen molar-refractivity contribution in [3.05, 3.63) is 71.0 Å². The highest BCUT2D eigenvalue weighted by Crippen LogP contribution is 2.37. The van der Waals surface area contributed by atoms with E-state index in [4.69, 9.17) is 4.74 Å². The first kappa shape index (κ1) is 58.5. The zero-order valence-electron chi connectivity index (χ0n) is 45.7. The van der Waals surface area contributed by atoms with E-state index in [2.05, 4.69) is 87.0 Å². The standard InChI is InChI=1S/C28H40F3N7O2.C26H36F3N7O/c1-5-20-17-21(37-13-11-36(4)12-14-37)7-8-23(20)34-26-33-18-22(28(29,30)31)24(35-26)32-9-6-10-38-15-16-40-19-27(2,3)25(38)39;1-5-18-15-19(35-13-11-34(4)12-14-35)7-8-21(18)32-24-31-16-20(26(27,28)29)22(33-24)30-9-6-10-36-17-25(2,3)23(36)37/h7-8,17-18H,5-6,9-16,19H2,1-4H3,(H2,32,33,34,35);7-8,15-16H,5-6,9-14,17H2,1-4H3,(H2,30,31,32,33). The van der Waals surface area contributed by atoms with Crippen LogP contribution in [0.15, 0.2) is 48.8 Å². The Morgan fingerprint density at radius 3 is 1.43 bits per heavy atom. The van der Waals surface area contributed by atoms with Gasteiger partial charge >= 0.3 is 12.4 Å². The molecule has 23 heteroatoms. The minimum absolute atomic E-state index is 0.0140. The first-order chi connectivity index (χ1) is 36.4. The minimum Gasteiger partial charge on any atom is -0.379 e. The van der Waals surface area contributed by atoms with Gasteiger partial charge in [-0.3, -0.25) is 9.59 Å². The normalized spacial score (nSPS) is 18.3. The monoisotopic (exact) mass is 1080 g/mol. The fraction of sp³-hybridized carbons (Fsp3) is 0.593. The lowest BCUT2D eigenvalue weighted by molar-refractivity contribution is -0.156. The molecule has 0 atom stereocenters. The lowest BCUT2D eigenvalue weighted by Gasteiger charge is -2.44. The molecule has 2 aromatic heterocycles. The number of aromatic nitrogens is 4. The van der Waals surface area contributed by atoms with Crippen molar-refractivity contribution in [3.8, 4) is 0 Å². The van der Waals surface area contributed by atoms with Gasteiger partial charge in [0.2, 0.25) is 23.7 Å². The van der Waals surface area contributed by atoms with Crippen LogP contribution in [0, 0.1) is 10.8 Å². The fourth-order valence-corrected chi connectivity index (χ4v) is 9.72. The number of nitrogens with one attached hydrogen (secondary N) is 4. The van der Waals surface area contributed by atoms with Gasteiger partial charge in [0, 0.05) is 127 Å². The molecule has 4 aromatic rings. The molecule has 422 valence electrons. The average Bonchev–Trinajstić information content (AvgIpc) is 3.52. The van der Waals surface area contributed by atoms with Crippen molar-refractivity contribution >= 4 is 58.1 Å². The number of ether oxygens (including phenoxy) is 1. The number of carbonyl (C=O) groups excluding carboxylic acids is 2. The van der Waals surface area contributed by atoms with E-state index in [0.717, 1.165) is 111 Å². The maximum absolute atomic E-state index is 13.7. The molecule has 4 fully saturated rings. The van der Waals surface area contributed by atoms with Crippen LogP contribution in [0.5, 0.6) is 0 Å². The first-order valence-corrected chi connectivity index (χ1v) is 26.7. The van der Waals surface area contributed by atoms with Gasteiger partial charge in [-0.05, 0) is 115 Å². The van der Waals surface area contributed by atoms with Crippen molar-refractivity contribution in [1.82, 2.24) is 39.5 Å². The van der Waals surface area contributed by atoms with E-state index in [1.807, 2.05) is 65.8 Å². The number of carbonyl (C=O) groups is 2. The van der Waals surface area contributed by atoms with Crippen LogP contribution >= 0.6 is 0 Å². The molecule has 0 radical (unpaired) electrons. The number of likely N-dealkylation sites (tertiary alicyclic amines) is 1. The topological polar surface area (TPSA) is 162 Å². The summed E-state index contributed by atoms with van der Waals surface area (Å²) in [6, 6.07) is 12.2. The highest BCUT2D eigenvalue weighted by Gasteiger charge is 2.43. The molecular formula is C54H76F6N14O3. The SMILES string of the molecule is CCc1cc(N2CCN(C)CC2)ccc1Nc1ncc(C(F)(F)F)c(NCCCN2CC(C)(C)C2=O)n1.CCc1cc(N2CCN(C)CC2)ccc1Nc1ncc(C(F)(F)F)c(NCCCN2CCOCC(C)(C)C2=O)n1. The number of aryl methyl sites for hydroxylation is 2. The molecule has 4 N–H and O–H groups in total. The number of halogens is 6. The molecule has 0 bridgehead atoms. The van der Waals surface area contributed by atoms with E-state index < -0.39 is 28.9 Å². The van der Waals surface area contributed by atoms with Gasteiger partial charge in [-0.1, -0.05) is 13.8 Å². The molecule has 2 aromatic carbocycles. The summed E-state index contributed by atoms with van der Waals surface area (Å²) in [6.07, 6.45) is -5.12. The number of hydrogen-bond donors (Lipinski definition) is 4. The molecule has 4 saturated heterocycles. The summed E-state index contributed by atoms with van der Waals surface area (Å²) in [4.78, 5) is 53.8. The lowest BCUT2D eigenvalue weighted by Crippen LogP contribution is -2.58. The number of benzene rings is 2. The third kappa shape index (κ3) is 15.3. The van der Waals surface area contributed by atoms with Gasteiger partial charge in [0.25, 0.3) is 0 Å². The predicted octanol–water partition coefficient (Wildman–Crippen LogP) is 8.46. The molecule has 77 heavy (non-hydrogen) atoms. The van der Waals surface area contributed by atoms with E-state index >= 15 is 0 Å². The third-order valence-electron chi connectivity index (χ3n) is 14.4. The van der Waals surface area contributed by atoms with Crippen molar-refractivity contribution in [3.63, 3.8) is 0 Å². The number of hydrogen-bond acceptors (Lipinski definition) is 15. The van der Waals surface area contributed by atoms with E-state index in [1.165, 1.54) is 0 Å². The second-order valence-electron chi connectivity index (χ2n) is 21.5. The van der Waals surface area contributed by atoms with E-state index in [-0.39, 0.29) is 53.9 Å². The molecule has 17 nitrogen and oxygen atoms in total. The Morgan fingerprint density at radius 2 is 1.03 bits per heavy atom. The smallest absolute Gasteiger partial charge is 0.379 e. The van der Waals surface area contributed by atoms with E-state index in [0.29, 0.717) is 52.2 Å². The van der Waals surface area contributed by atoms with Gasteiger partial charge in [-0.15, -0.1) is 0 Å². The number of nitrogens with zero attached hydrogens (tertiary/aromatic N) is 10. The lowest BCUT2D eigenvalue weighted by atomic mass is 9.83. The highest BCUT2D eigenvalue weighted by atomic mass is 19.4.